The van der Waals surface area contributed by atoms with Crippen LogP contribution in [0.4, 0.5) is 5.82 Å². The van der Waals surface area contributed by atoms with Crippen molar-refractivity contribution in [2.45, 2.75) is 34.1 Å². The van der Waals surface area contributed by atoms with Crippen LogP contribution in [-0.4, -0.2) is 34.1 Å². The summed E-state index contributed by atoms with van der Waals surface area (Å²) in [7, 11) is 0. The van der Waals surface area contributed by atoms with Gasteiger partial charge in [-0.3, -0.25) is 0 Å². The number of carbonyl (C=O) groups excluding carboxylic acids is 1. The van der Waals surface area contributed by atoms with Crippen molar-refractivity contribution in [3.63, 3.8) is 0 Å². The molecule has 2 heterocycles. The van der Waals surface area contributed by atoms with Gasteiger partial charge in [0.05, 0.1) is 17.6 Å². The van der Waals surface area contributed by atoms with E-state index in [1.807, 2.05) is 18.0 Å². The summed E-state index contributed by atoms with van der Waals surface area (Å²) >= 11 is 0. The lowest BCUT2D eigenvalue weighted by atomic mass is 10.2. The highest BCUT2D eigenvalue weighted by atomic mass is 16.5. The smallest absolute Gasteiger partial charge is 0.335 e. The van der Waals surface area contributed by atoms with Crippen LogP contribution in [0.5, 0.6) is 0 Å². The molecular formula is C16H22N4O2. The van der Waals surface area contributed by atoms with E-state index in [9.17, 15) is 4.79 Å². The SMILES string of the molecule is CCCN(/C=C(\C)C(=O)OCC)c1ncnc2[nH]cc(C)c12. The Morgan fingerprint density at radius 2 is 2.18 bits per heavy atom. The van der Waals surface area contributed by atoms with Crippen LogP contribution in [0.1, 0.15) is 32.8 Å². The number of anilines is 1. The normalized spacial score (nSPS) is 11.7. The van der Waals surface area contributed by atoms with Gasteiger partial charge in [0, 0.05) is 18.9 Å². The van der Waals surface area contributed by atoms with E-state index in [1.165, 1.54) is 6.33 Å². The van der Waals surface area contributed by atoms with E-state index < -0.39 is 0 Å². The lowest BCUT2D eigenvalue weighted by Crippen LogP contribution is -2.21. The van der Waals surface area contributed by atoms with Gasteiger partial charge in [-0.05, 0) is 32.8 Å². The molecule has 0 aliphatic heterocycles. The topological polar surface area (TPSA) is 71.1 Å². The first kappa shape index (κ1) is 16.0. The van der Waals surface area contributed by atoms with Gasteiger partial charge in [-0.25, -0.2) is 14.8 Å². The Balaban J connectivity index is 2.44. The summed E-state index contributed by atoms with van der Waals surface area (Å²) in [5, 5.41) is 0.976. The Hall–Kier alpha value is -2.37. The number of rotatable bonds is 6. The second kappa shape index (κ2) is 7.06. The number of hydrogen-bond acceptors (Lipinski definition) is 5. The molecule has 2 aromatic heterocycles. The number of H-pyrrole nitrogens is 1. The Kier molecular flexibility index (Phi) is 5.14. The number of aromatic nitrogens is 3. The van der Waals surface area contributed by atoms with Gasteiger partial charge in [0.1, 0.15) is 17.8 Å². The van der Waals surface area contributed by atoms with Gasteiger partial charge in [-0.15, -0.1) is 0 Å². The maximum atomic E-state index is 11.8. The van der Waals surface area contributed by atoms with Crippen molar-refractivity contribution in [2.75, 3.05) is 18.1 Å². The lowest BCUT2D eigenvalue weighted by molar-refractivity contribution is -0.138. The molecule has 0 aliphatic rings. The van der Waals surface area contributed by atoms with Crippen LogP contribution in [0.25, 0.3) is 11.0 Å². The number of hydrogen-bond donors (Lipinski definition) is 1. The summed E-state index contributed by atoms with van der Waals surface area (Å²) in [6, 6.07) is 0. The summed E-state index contributed by atoms with van der Waals surface area (Å²) in [6.45, 7) is 8.77. The molecule has 0 atom stereocenters. The van der Waals surface area contributed by atoms with Crippen LogP contribution in [0.3, 0.4) is 0 Å². The van der Waals surface area contributed by atoms with Crippen molar-refractivity contribution < 1.29 is 9.53 Å². The van der Waals surface area contributed by atoms with Gasteiger partial charge in [-0.2, -0.15) is 0 Å². The van der Waals surface area contributed by atoms with Crippen molar-refractivity contribution >= 4 is 22.8 Å². The number of fused-ring (bicyclic) bond motifs is 1. The van der Waals surface area contributed by atoms with Crippen molar-refractivity contribution in [1.82, 2.24) is 15.0 Å². The Morgan fingerprint density at radius 3 is 2.86 bits per heavy atom. The van der Waals surface area contributed by atoms with E-state index in [0.29, 0.717) is 12.2 Å². The zero-order chi connectivity index (χ0) is 16.1. The Bertz CT molecular complexity index is 691. The minimum Gasteiger partial charge on any atom is -0.463 e. The standard InChI is InChI=1S/C16H22N4O2/c1-5-7-20(9-12(4)16(21)22-6-2)15-13-11(3)8-17-14(13)18-10-19-15/h8-10H,5-7H2,1-4H3,(H,17,18,19)/b12-9+. The first-order valence-corrected chi connectivity index (χ1v) is 7.49. The minimum absolute atomic E-state index is 0.306. The monoisotopic (exact) mass is 302 g/mol. The molecule has 1 N–H and O–H groups in total. The van der Waals surface area contributed by atoms with Gasteiger partial charge in [0.15, 0.2) is 0 Å². The molecule has 2 rings (SSSR count). The van der Waals surface area contributed by atoms with Crippen molar-refractivity contribution in [3.8, 4) is 0 Å². The molecule has 0 spiro atoms. The maximum Gasteiger partial charge on any atom is 0.335 e. The number of aryl methyl sites for hydroxylation is 1. The minimum atomic E-state index is -0.306. The summed E-state index contributed by atoms with van der Waals surface area (Å²) in [6.07, 6.45) is 6.18. The molecule has 0 saturated carbocycles. The van der Waals surface area contributed by atoms with Gasteiger partial charge in [0.2, 0.25) is 0 Å². The van der Waals surface area contributed by atoms with Gasteiger partial charge in [-0.1, -0.05) is 6.92 Å². The molecule has 0 aliphatic carbocycles. The molecule has 6 heteroatoms. The third-order valence-corrected chi connectivity index (χ3v) is 3.33. The van der Waals surface area contributed by atoms with Crippen LogP contribution in [-0.2, 0) is 9.53 Å². The molecule has 118 valence electrons. The molecular weight excluding hydrogens is 280 g/mol. The van der Waals surface area contributed by atoms with E-state index >= 15 is 0 Å². The van der Waals surface area contributed by atoms with Gasteiger partial charge < -0.3 is 14.6 Å². The highest BCUT2D eigenvalue weighted by Gasteiger charge is 2.15. The fourth-order valence-corrected chi connectivity index (χ4v) is 2.32. The highest BCUT2D eigenvalue weighted by molar-refractivity contribution is 5.92. The third kappa shape index (κ3) is 3.27. The van der Waals surface area contributed by atoms with E-state index in [0.717, 1.165) is 35.4 Å². The first-order chi connectivity index (χ1) is 10.6. The van der Waals surface area contributed by atoms with Crippen LogP contribution < -0.4 is 4.90 Å². The Morgan fingerprint density at radius 1 is 1.41 bits per heavy atom. The van der Waals surface area contributed by atoms with Crippen LogP contribution >= 0.6 is 0 Å². The first-order valence-electron chi connectivity index (χ1n) is 7.49. The number of esters is 1. The molecule has 22 heavy (non-hydrogen) atoms. The largest absolute Gasteiger partial charge is 0.463 e. The number of nitrogens with one attached hydrogen (secondary N) is 1. The summed E-state index contributed by atoms with van der Waals surface area (Å²) < 4.78 is 5.04. The quantitative estimate of drug-likeness (QED) is 0.656. The van der Waals surface area contributed by atoms with Crippen molar-refractivity contribution in [3.05, 3.63) is 29.9 Å². The van der Waals surface area contributed by atoms with Crippen molar-refractivity contribution in [1.29, 1.82) is 0 Å². The molecule has 0 bridgehead atoms. The second-order valence-electron chi connectivity index (χ2n) is 5.12. The molecule has 2 aromatic rings. The molecule has 0 radical (unpaired) electrons. The maximum absolute atomic E-state index is 11.8. The number of aromatic amines is 1. The van der Waals surface area contributed by atoms with Gasteiger partial charge >= 0.3 is 5.97 Å². The predicted octanol–water partition coefficient (Wildman–Crippen LogP) is 2.95. The third-order valence-electron chi connectivity index (χ3n) is 3.33. The zero-order valence-electron chi connectivity index (χ0n) is 13.5. The summed E-state index contributed by atoms with van der Waals surface area (Å²) in [5.74, 6) is 0.494. The van der Waals surface area contributed by atoms with E-state index in [-0.39, 0.29) is 5.97 Å². The van der Waals surface area contributed by atoms with Crippen molar-refractivity contribution in [2.24, 2.45) is 0 Å². The molecule has 0 aromatic carbocycles. The lowest BCUT2D eigenvalue weighted by Gasteiger charge is -2.20. The van der Waals surface area contributed by atoms with E-state index in [1.54, 1.807) is 20.0 Å². The molecule has 0 fully saturated rings. The number of carbonyl (C=O) groups is 1. The molecule has 6 nitrogen and oxygen atoms in total. The Labute approximate surface area is 130 Å². The fraction of sp³-hybridized carbons (Fsp3) is 0.438. The van der Waals surface area contributed by atoms with E-state index in [2.05, 4.69) is 21.9 Å². The van der Waals surface area contributed by atoms with E-state index in [4.69, 9.17) is 4.74 Å². The van der Waals surface area contributed by atoms with Crippen LogP contribution in [0, 0.1) is 6.92 Å². The average molecular weight is 302 g/mol. The van der Waals surface area contributed by atoms with Gasteiger partial charge in [0.25, 0.3) is 0 Å². The summed E-state index contributed by atoms with van der Waals surface area (Å²) in [4.78, 5) is 25.6. The van der Waals surface area contributed by atoms with Crippen LogP contribution in [0.15, 0.2) is 24.3 Å². The average Bonchev–Trinajstić information content (AvgIpc) is 2.88. The molecule has 0 unspecified atom stereocenters. The second-order valence-corrected chi connectivity index (χ2v) is 5.12. The summed E-state index contributed by atoms with van der Waals surface area (Å²) in [5.41, 5.74) is 2.43. The molecule has 0 saturated heterocycles. The number of nitrogens with zero attached hydrogens (tertiary/aromatic N) is 3. The predicted molar refractivity (Wildman–Crippen MR) is 86.7 cm³/mol. The fourth-order valence-electron chi connectivity index (χ4n) is 2.32. The molecule has 0 amide bonds. The zero-order valence-corrected chi connectivity index (χ0v) is 13.5. The van der Waals surface area contributed by atoms with Crippen LogP contribution in [0.2, 0.25) is 0 Å². The highest BCUT2D eigenvalue weighted by Crippen LogP contribution is 2.26. The number of ether oxygens (including phenoxy) is 1.